The summed E-state index contributed by atoms with van der Waals surface area (Å²) >= 11 is 0. The van der Waals surface area contributed by atoms with Crippen LogP contribution in [0.1, 0.15) is 98.3 Å². The minimum atomic E-state index is 0.220. The molecule has 0 spiro atoms. The van der Waals surface area contributed by atoms with Gasteiger partial charge in [0.25, 0.3) is 0 Å². The van der Waals surface area contributed by atoms with Gasteiger partial charge in [-0.25, -0.2) is 0 Å². The first kappa shape index (κ1) is 21.3. The van der Waals surface area contributed by atoms with E-state index in [9.17, 15) is 9.59 Å². The van der Waals surface area contributed by atoms with Gasteiger partial charge >= 0.3 is 0 Å². The lowest BCUT2D eigenvalue weighted by atomic mass is 9.46. The molecule has 4 aliphatic carbocycles. The van der Waals surface area contributed by atoms with Crippen molar-refractivity contribution in [2.24, 2.45) is 46.3 Å². The van der Waals surface area contributed by atoms with Crippen LogP contribution in [0.2, 0.25) is 0 Å². The molecule has 4 aliphatic rings. The molecule has 0 aromatic carbocycles. The van der Waals surface area contributed by atoms with E-state index in [2.05, 4.69) is 27.7 Å². The molecule has 0 radical (unpaired) electrons. The molecule has 0 aromatic rings. The summed E-state index contributed by atoms with van der Waals surface area (Å²) in [5.41, 5.74) is 2.30. The van der Waals surface area contributed by atoms with Gasteiger partial charge in [0.1, 0.15) is 6.29 Å². The highest BCUT2D eigenvalue weighted by atomic mass is 16.1. The fraction of sp³-hybridized carbons (Fsp3) is 0.852. The molecule has 3 fully saturated rings. The third kappa shape index (κ3) is 3.57. The molecule has 0 N–H and O–H groups in total. The number of fused-ring (bicyclic) bond motifs is 5. The minimum Gasteiger partial charge on any atom is -0.303 e. The van der Waals surface area contributed by atoms with Crippen molar-refractivity contribution in [1.29, 1.82) is 0 Å². The number of carbonyl (C=O) groups is 2. The summed E-state index contributed by atoms with van der Waals surface area (Å²) in [6, 6.07) is 0. The van der Waals surface area contributed by atoms with E-state index in [0.717, 1.165) is 55.1 Å². The normalized spacial score (nSPS) is 43.6. The van der Waals surface area contributed by atoms with E-state index in [4.69, 9.17) is 0 Å². The van der Waals surface area contributed by atoms with Crippen LogP contribution in [-0.2, 0) is 9.59 Å². The van der Waals surface area contributed by atoms with Crippen LogP contribution < -0.4 is 0 Å². The van der Waals surface area contributed by atoms with Gasteiger partial charge in [0.05, 0.1) is 0 Å². The maximum absolute atomic E-state index is 12.0. The first-order valence-corrected chi connectivity index (χ1v) is 12.5. The summed E-state index contributed by atoms with van der Waals surface area (Å²) in [5, 5.41) is 0. The monoisotopic (exact) mass is 398 g/mol. The standard InChI is InChI=1S/C27H42O2/c1-18(17-28)6-5-7-19(2)23-10-11-24-22-9-8-20-16-21(29)12-14-26(20,3)25(22)13-15-27(23,24)4/h16-19,22-25H,5-15H2,1-4H3/t18-,19-,22+,23-,24+,25+,26+,27-/m1/s1. The third-order valence-electron chi connectivity index (χ3n) is 10.3. The van der Waals surface area contributed by atoms with Crippen LogP contribution in [0.25, 0.3) is 0 Å². The zero-order valence-electron chi connectivity index (χ0n) is 19.2. The number of carbonyl (C=O) groups excluding carboxylic acids is 2. The van der Waals surface area contributed by atoms with E-state index < -0.39 is 0 Å². The Labute approximate surface area is 178 Å². The van der Waals surface area contributed by atoms with E-state index >= 15 is 0 Å². The lowest BCUT2D eigenvalue weighted by molar-refractivity contribution is -0.117. The highest BCUT2D eigenvalue weighted by Crippen LogP contribution is 2.67. The highest BCUT2D eigenvalue weighted by molar-refractivity contribution is 5.91. The molecular formula is C27H42O2. The number of allylic oxidation sites excluding steroid dienone is 1. The van der Waals surface area contributed by atoms with Gasteiger partial charge in [-0.15, -0.1) is 0 Å². The molecule has 2 heteroatoms. The second-order valence-corrected chi connectivity index (χ2v) is 11.7. The van der Waals surface area contributed by atoms with Crippen LogP contribution in [-0.4, -0.2) is 12.1 Å². The van der Waals surface area contributed by atoms with Gasteiger partial charge < -0.3 is 4.79 Å². The van der Waals surface area contributed by atoms with Crippen LogP contribution in [0, 0.1) is 46.3 Å². The predicted molar refractivity (Wildman–Crippen MR) is 118 cm³/mol. The Bertz CT molecular complexity index is 678. The van der Waals surface area contributed by atoms with Gasteiger partial charge in [-0.2, -0.15) is 0 Å². The molecular weight excluding hydrogens is 356 g/mol. The summed E-state index contributed by atoms with van der Waals surface area (Å²) in [7, 11) is 0. The summed E-state index contributed by atoms with van der Waals surface area (Å²) in [5.74, 6) is 4.79. The molecule has 0 aliphatic heterocycles. The topological polar surface area (TPSA) is 34.1 Å². The molecule has 8 atom stereocenters. The molecule has 0 aromatic heterocycles. The van der Waals surface area contributed by atoms with E-state index in [-0.39, 0.29) is 5.92 Å². The van der Waals surface area contributed by atoms with E-state index in [0.29, 0.717) is 16.6 Å². The Morgan fingerprint density at radius 1 is 1.03 bits per heavy atom. The van der Waals surface area contributed by atoms with Gasteiger partial charge in [0.15, 0.2) is 5.78 Å². The number of hydrogen-bond donors (Lipinski definition) is 0. The second kappa shape index (κ2) is 7.97. The molecule has 2 nitrogen and oxygen atoms in total. The number of aldehydes is 1. The van der Waals surface area contributed by atoms with Crippen molar-refractivity contribution in [2.75, 3.05) is 0 Å². The lowest BCUT2D eigenvalue weighted by Crippen LogP contribution is -2.50. The molecule has 4 rings (SSSR count). The van der Waals surface area contributed by atoms with Crippen molar-refractivity contribution in [1.82, 2.24) is 0 Å². The third-order valence-corrected chi connectivity index (χ3v) is 10.3. The predicted octanol–water partition coefficient (Wildman–Crippen LogP) is 6.78. The fourth-order valence-electron chi connectivity index (χ4n) is 8.57. The van der Waals surface area contributed by atoms with E-state index in [1.807, 2.05) is 6.08 Å². The molecule has 0 bridgehead atoms. The van der Waals surface area contributed by atoms with Crippen molar-refractivity contribution < 1.29 is 9.59 Å². The van der Waals surface area contributed by atoms with E-state index in [1.165, 1.54) is 56.9 Å². The Kier molecular flexibility index (Phi) is 5.86. The minimum absolute atomic E-state index is 0.220. The highest BCUT2D eigenvalue weighted by Gasteiger charge is 2.59. The lowest BCUT2D eigenvalue weighted by Gasteiger charge is -2.58. The van der Waals surface area contributed by atoms with Crippen LogP contribution >= 0.6 is 0 Å². The molecule has 0 unspecified atom stereocenters. The molecule has 0 saturated heterocycles. The average molecular weight is 399 g/mol. The molecule has 162 valence electrons. The van der Waals surface area contributed by atoms with Gasteiger partial charge in [-0.1, -0.05) is 46.1 Å². The van der Waals surface area contributed by atoms with Crippen LogP contribution in [0.5, 0.6) is 0 Å². The first-order chi connectivity index (χ1) is 13.8. The van der Waals surface area contributed by atoms with Crippen molar-refractivity contribution in [3.05, 3.63) is 11.6 Å². The summed E-state index contributed by atoms with van der Waals surface area (Å²) in [6.45, 7) is 9.67. The first-order valence-electron chi connectivity index (χ1n) is 12.5. The van der Waals surface area contributed by atoms with E-state index in [1.54, 1.807) is 0 Å². The fourth-order valence-corrected chi connectivity index (χ4v) is 8.57. The van der Waals surface area contributed by atoms with Crippen LogP contribution in [0.4, 0.5) is 0 Å². The van der Waals surface area contributed by atoms with Crippen molar-refractivity contribution in [3.8, 4) is 0 Å². The average Bonchev–Trinajstić information content (AvgIpc) is 3.05. The number of rotatable bonds is 6. The summed E-state index contributed by atoms with van der Waals surface area (Å²) in [6.07, 6.45) is 16.6. The Hall–Kier alpha value is -0.920. The largest absolute Gasteiger partial charge is 0.303 e. The Morgan fingerprint density at radius 2 is 1.83 bits per heavy atom. The zero-order chi connectivity index (χ0) is 20.8. The quantitative estimate of drug-likeness (QED) is 0.462. The van der Waals surface area contributed by atoms with Gasteiger partial charge in [-0.3, -0.25) is 4.79 Å². The number of hydrogen-bond acceptors (Lipinski definition) is 2. The smallest absolute Gasteiger partial charge is 0.155 e. The zero-order valence-corrected chi connectivity index (χ0v) is 19.2. The molecule has 3 saturated carbocycles. The second-order valence-electron chi connectivity index (χ2n) is 11.7. The molecule has 29 heavy (non-hydrogen) atoms. The van der Waals surface area contributed by atoms with Crippen molar-refractivity contribution in [3.63, 3.8) is 0 Å². The van der Waals surface area contributed by atoms with Crippen LogP contribution in [0.15, 0.2) is 11.6 Å². The number of ketones is 1. The summed E-state index contributed by atoms with van der Waals surface area (Å²) in [4.78, 5) is 23.0. The van der Waals surface area contributed by atoms with Gasteiger partial charge in [0.2, 0.25) is 0 Å². The van der Waals surface area contributed by atoms with Crippen molar-refractivity contribution >= 4 is 12.1 Å². The Morgan fingerprint density at radius 3 is 2.59 bits per heavy atom. The Balaban J connectivity index is 1.47. The molecule has 0 amide bonds. The summed E-state index contributed by atoms with van der Waals surface area (Å²) < 4.78 is 0. The maximum Gasteiger partial charge on any atom is 0.155 e. The molecule has 0 heterocycles. The van der Waals surface area contributed by atoms with Gasteiger partial charge in [0, 0.05) is 12.3 Å². The van der Waals surface area contributed by atoms with Crippen LogP contribution in [0.3, 0.4) is 0 Å². The van der Waals surface area contributed by atoms with Gasteiger partial charge in [-0.05, 0) is 97.9 Å². The SMILES string of the molecule is C[C@H](CCC[C@@H](C)C=O)[C@H]1CC[C@H]2[C@@H]3CCC4=CC(=O)CC[C@]4(C)[C@H]3CC[C@]12C. The maximum atomic E-state index is 12.0. The van der Waals surface area contributed by atoms with Crippen molar-refractivity contribution in [2.45, 2.75) is 98.3 Å².